The van der Waals surface area contributed by atoms with E-state index in [9.17, 15) is 14.4 Å². The van der Waals surface area contributed by atoms with E-state index in [2.05, 4.69) is 15.6 Å². The molecule has 0 saturated carbocycles. The highest BCUT2D eigenvalue weighted by Crippen LogP contribution is 1.97. The van der Waals surface area contributed by atoms with E-state index in [0.717, 1.165) is 0 Å². The van der Waals surface area contributed by atoms with E-state index < -0.39 is 0 Å². The molecule has 2 amide bonds. The van der Waals surface area contributed by atoms with Gasteiger partial charge >= 0.3 is 0 Å². The Bertz CT molecular complexity index is 740. The Morgan fingerprint density at radius 3 is 2.61 bits per heavy atom. The monoisotopic (exact) mass is 314 g/mol. The van der Waals surface area contributed by atoms with Crippen molar-refractivity contribution in [1.29, 1.82) is 0 Å². The summed E-state index contributed by atoms with van der Waals surface area (Å²) in [6, 6.07) is 10.1. The number of aromatic nitrogens is 2. The molecule has 120 valence electrons. The number of amides is 2. The van der Waals surface area contributed by atoms with Gasteiger partial charge in [0.2, 0.25) is 5.91 Å². The first-order valence-corrected chi connectivity index (χ1v) is 7.19. The van der Waals surface area contributed by atoms with Gasteiger partial charge in [-0.25, -0.2) is 4.98 Å². The standard InChI is InChI=1S/C16H18N4O3/c1-12-9-15(22)20(11-19-12)8-7-17-14(21)10-18-16(23)13-5-3-2-4-6-13/h2-6,9,11H,7-8,10H2,1H3,(H,17,21)(H,18,23). The number of benzene rings is 1. The highest BCUT2D eigenvalue weighted by molar-refractivity contribution is 5.96. The van der Waals surface area contributed by atoms with Crippen LogP contribution in [-0.4, -0.2) is 34.5 Å². The van der Waals surface area contributed by atoms with E-state index in [4.69, 9.17) is 0 Å². The molecule has 0 aliphatic heterocycles. The molecule has 7 heteroatoms. The van der Waals surface area contributed by atoms with Gasteiger partial charge in [0.15, 0.2) is 0 Å². The maximum atomic E-state index is 11.8. The third-order valence-corrected chi connectivity index (χ3v) is 3.14. The van der Waals surface area contributed by atoms with Crippen molar-refractivity contribution in [1.82, 2.24) is 20.2 Å². The van der Waals surface area contributed by atoms with Gasteiger partial charge < -0.3 is 10.6 Å². The number of carbonyl (C=O) groups is 2. The van der Waals surface area contributed by atoms with Gasteiger partial charge in [0.1, 0.15) is 0 Å². The van der Waals surface area contributed by atoms with E-state index in [1.807, 2.05) is 6.07 Å². The van der Waals surface area contributed by atoms with Crippen LogP contribution < -0.4 is 16.2 Å². The molecule has 1 aromatic heterocycles. The molecule has 0 aliphatic rings. The first-order valence-electron chi connectivity index (χ1n) is 7.19. The second-order valence-corrected chi connectivity index (χ2v) is 4.96. The molecule has 0 spiro atoms. The molecule has 2 aromatic rings. The molecule has 0 radical (unpaired) electrons. The zero-order chi connectivity index (χ0) is 16.7. The van der Waals surface area contributed by atoms with Crippen LogP contribution in [-0.2, 0) is 11.3 Å². The topological polar surface area (TPSA) is 93.1 Å². The predicted octanol–water partition coefficient (Wildman–Crippen LogP) is 0.0979. The normalized spacial score (nSPS) is 10.1. The maximum Gasteiger partial charge on any atom is 0.253 e. The Hall–Kier alpha value is -2.96. The summed E-state index contributed by atoms with van der Waals surface area (Å²) >= 11 is 0. The Labute approximate surface area is 133 Å². The summed E-state index contributed by atoms with van der Waals surface area (Å²) in [5.41, 5.74) is 0.987. The average Bonchev–Trinajstić information content (AvgIpc) is 2.55. The molecule has 0 aliphatic carbocycles. The number of hydrogen-bond donors (Lipinski definition) is 2. The Balaban J connectivity index is 1.73. The molecule has 1 aromatic carbocycles. The highest BCUT2D eigenvalue weighted by atomic mass is 16.2. The lowest BCUT2D eigenvalue weighted by molar-refractivity contribution is -0.120. The summed E-state index contributed by atoms with van der Waals surface area (Å²) in [7, 11) is 0. The Kier molecular flexibility index (Phi) is 5.62. The van der Waals surface area contributed by atoms with Crippen molar-refractivity contribution in [3.63, 3.8) is 0 Å². The van der Waals surface area contributed by atoms with Gasteiger partial charge in [0.05, 0.1) is 12.9 Å². The summed E-state index contributed by atoms with van der Waals surface area (Å²) in [6.07, 6.45) is 1.45. The van der Waals surface area contributed by atoms with Crippen LogP contribution in [0, 0.1) is 6.92 Å². The molecule has 0 saturated heterocycles. The van der Waals surface area contributed by atoms with Crippen molar-refractivity contribution in [3.05, 3.63) is 64.3 Å². The Morgan fingerprint density at radius 2 is 1.91 bits per heavy atom. The third-order valence-electron chi connectivity index (χ3n) is 3.14. The van der Waals surface area contributed by atoms with Crippen LogP contribution in [0.15, 0.2) is 47.5 Å². The average molecular weight is 314 g/mol. The smallest absolute Gasteiger partial charge is 0.253 e. The molecule has 0 fully saturated rings. The zero-order valence-corrected chi connectivity index (χ0v) is 12.8. The molecular weight excluding hydrogens is 296 g/mol. The third kappa shape index (κ3) is 5.06. The number of aryl methyl sites for hydroxylation is 1. The van der Waals surface area contributed by atoms with Crippen LogP contribution in [0.1, 0.15) is 16.1 Å². The van der Waals surface area contributed by atoms with E-state index in [0.29, 0.717) is 17.8 Å². The largest absolute Gasteiger partial charge is 0.353 e. The summed E-state index contributed by atoms with van der Waals surface area (Å²) < 4.78 is 1.41. The van der Waals surface area contributed by atoms with Gasteiger partial charge in [-0.2, -0.15) is 0 Å². The zero-order valence-electron chi connectivity index (χ0n) is 12.8. The van der Waals surface area contributed by atoms with Crippen LogP contribution in [0.25, 0.3) is 0 Å². The number of hydrogen-bond acceptors (Lipinski definition) is 4. The van der Waals surface area contributed by atoms with Crippen molar-refractivity contribution in [2.24, 2.45) is 0 Å². The van der Waals surface area contributed by atoms with Crippen LogP contribution in [0.3, 0.4) is 0 Å². The molecule has 2 N–H and O–H groups in total. The Morgan fingerprint density at radius 1 is 1.17 bits per heavy atom. The summed E-state index contributed by atoms with van der Waals surface area (Å²) in [4.78, 5) is 39.1. The van der Waals surface area contributed by atoms with Crippen molar-refractivity contribution in [3.8, 4) is 0 Å². The lowest BCUT2D eigenvalue weighted by atomic mass is 10.2. The van der Waals surface area contributed by atoms with Crippen LogP contribution in [0.5, 0.6) is 0 Å². The summed E-state index contributed by atoms with van der Waals surface area (Å²) in [5, 5.41) is 5.17. The van der Waals surface area contributed by atoms with Crippen molar-refractivity contribution in [2.75, 3.05) is 13.1 Å². The van der Waals surface area contributed by atoms with Gasteiger partial charge in [-0.3, -0.25) is 19.0 Å². The number of rotatable bonds is 6. The first kappa shape index (κ1) is 16.4. The second kappa shape index (κ2) is 7.88. The van der Waals surface area contributed by atoms with Crippen molar-refractivity contribution in [2.45, 2.75) is 13.5 Å². The van der Waals surface area contributed by atoms with E-state index in [1.165, 1.54) is 17.0 Å². The summed E-state index contributed by atoms with van der Waals surface area (Å²) in [5.74, 6) is -0.623. The number of carbonyl (C=O) groups excluding carboxylic acids is 2. The maximum absolute atomic E-state index is 11.8. The minimum atomic E-state index is -0.317. The quantitative estimate of drug-likeness (QED) is 0.791. The van der Waals surface area contributed by atoms with Crippen LogP contribution >= 0.6 is 0 Å². The van der Waals surface area contributed by atoms with E-state index in [1.54, 1.807) is 31.2 Å². The van der Waals surface area contributed by atoms with E-state index >= 15 is 0 Å². The molecule has 0 unspecified atom stereocenters. The molecule has 0 atom stereocenters. The molecule has 0 bridgehead atoms. The van der Waals surface area contributed by atoms with Crippen LogP contribution in [0.4, 0.5) is 0 Å². The highest BCUT2D eigenvalue weighted by Gasteiger charge is 2.07. The lowest BCUT2D eigenvalue weighted by Gasteiger charge is -2.08. The van der Waals surface area contributed by atoms with Crippen LogP contribution in [0.2, 0.25) is 0 Å². The van der Waals surface area contributed by atoms with Gasteiger partial charge in [-0.1, -0.05) is 18.2 Å². The molecule has 23 heavy (non-hydrogen) atoms. The summed E-state index contributed by atoms with van der Waals surface area (Å²) in [6.45, 7) is 2.23. The molecule has 1 heterocycles. The lowest BCUT2D eigenvalue weighted by Crippen LogP contribution is -2.38. The SMILES string of the molecule is Cc1cc(=O)n(CCNC(=O)CNC(=O)c2ccccc2)cn1. The minimum Gasteiger partial charge on any atom is -0.353 e. The van der Waals surface area contributed by atoms with Gasteiger partial charge in [-0.05, 0) is 19.1 Å². The fourth-order valence-corrected chi connectivity index (χ4v) is 1.91. The van der Waals surface area contributed by atoms with Gasteiger partial charge in [0.25, 0.3) is 11.5 Å². The van der Waals surface area contributed by atoms with Crippen molar-refractivity contribution >= 4 is 11.8 Å². The minimum absolute atomic E-state index is 0.116. The molecule has 2 rings (SSSR count). The van der Waals surface area contributed by atoms with Gasteiger partial charge in [-0.15, -0.1) is 0 Å². The van der Waals surface area contributed by atoms with E-state index in [-0.39, 0.29) is 30.5 Å². The van der Waals surface area contributed by atoms with Crippen molar-refractivity contribution < 1.29 is 9.59 Å². The fraction of sp³-hybridized carbons (Fsp3) is 0.250. The molecule has 7 nitrogen and oxygen atoms in total. The second-order valence-electron chi connectivity index (χ2n) is 4.96. The number of nitrogens with one attached hydrogen (secondary N) is 2. The first-order chi connectivity index (χ1) is 11.1. The number of nitrogens with zero attached hydrogens (tertiary/aromatic N) is 2. The van der Waals surface area contributed by atoms with Gasteiger partial charge in [0, 0.05) is 30.4 Å². The fourth-order valence-electron chi connectivity index (χ4n) is 1.91. The molecular formula is C16H18N4O3. The predicted molar refractivity (Wildman–Crippen MR) is 85.0 cm³/mol.